The molecule has 1 aromatic carbocycles. The van der Waals surface area contributed by atoms with Gasteiger partial charge in [0, 0.05) is 16.0 Å². The van der Waals surface area contributed by atoms with Gasteiger partial charge in [-0.15, -0.1) is 0 Å². The Morgan fingerprint density at radius 3 is 2.92 bits per heavy atom. The fourth-order valence-corrected chi connectivity index (χ4v) is 2.93. The van der Waals surface area contributed by atoms with Crippen molar-refractivity contribution >= 4 is 34.8 Å². The van der Waals surface area contributed by atoms with E-state index in [0.29, 0.717) is 28.8 Å². The highest BCUT2D eigenvalue weighted by molar-refractivity contribution is 9.10. The highest BCUT2D eigenvalue weighted by Crippen LogP contribution is 2.42. The summed E-state index contributed by atoms with van der Waals surface area (Å²) in [6.45, 7) is 3.51. The number of halogens is 2. The van der Waals surface area contributed by atoms with E-state index in [-0.39, 0.29) is 12.4 Å². The van der Waals surface area contributed by atoms with Crippen LogP contribution in [0.1, 0.15) is 35.6 Å². The predicted molar refractivity (Wildman–Crippen MR) is 103 cm³/mol. The van der Waals surface area contributed by atoms with Gasteiger partial charge in [-0.2, -0.15) is 0 Å². The standard InChI is InChI=1S/C18H17BrFN5O/c1-21-9-24-17(22-8-12-7-13(19)5-6-14(12)20)15-16(11-3-4-11)23-10-25-18(15)26-2/h5-7,9-11H,1,3-4,8H2,2H3. The minimum Gasteiger partial charge on any atom is -0.480 e. The van der Waals surface area contributed by atoms with Crippen LogP contribution in [0.4, 0.5) is 4.39 Å². The summed E-state index contributed by atoms with van der Waals surface area (Å²) in [5.41, 5.74) is 1.90. The van der Waals surface area contributed by atoms with Gasteiger partial charge in [0.2, 0.25) is 5.88 Å². The molecule has 0 atom stereocenters. The lowest BCUT2D eigenvalue weighted by molar-refractivity contribution is 0.395. The molecule has 1 aliphatic rings. The third-order valence-corrected chi connectivity index (χ3v) is 4.38. The van der Waals surface area contributed by atoms with Gasteiger partial charge in [-0.25, -0.2) is 19.4 Å². The molecule has 8 heteroatoms. The van der Waals surface area contributed by atoms with Gasteiger partial charge in [0.15, 0.2) is 5.84 Å². The Labute approximate surface area is 159 Å². The number of aromatic nitrogens is 2. The number of nitrogens with zero attached hydrogens (tertiary/aromatic N) is 5. The molecular formula is C18H17BrFN5O. The second kappa shape index (κ2) is 8.27. The van der Waals surface area contributed by atoms with Crippen LogP contribution < -0.4 is 4.74 Å². The lowest BCUT2D eigenvalue weighted by atomic mass is 10.1. The minimum atomic E-state index is -0.333. The molecule has 26 heavy (non-hydrogen) atoms. The number of hydrogen-bond donors (Lipinski definition) is 0. The maximum atomic E-state index is 14.0. The van der Waals surface area contributed by atoms with Gasteiger partial charge in [-0.3, -0.25) is 9.98 Å². The van der Waals surface area contributed by atoms with Crippen LogP contribution in [0.5, 0.6) is 5.88 Å². The summed E-state index contributed by atoms with van der Waals surface area (Å²) in [5.74, 6) is 0.732. The Hall–Kier alpha value is -2.48. The van der Waals surface area contributed by atoms with Crippen LogP contribution in [0.2, 0.25) is 0 Å². The topological polar surface area (TPSA) is 72.1 Å². The molecule has 1 saturated carbocycles. The normalized spacial score (nSPS) is 14.7. The Morgan fingerprint density at radius 1 is 1.42 bits per heavy atom. The lowest BCUT2D eigenvalue weighted by Gasteiger charge is -2.11. The number of methoxy groups -OCH3 is 1. The summed E-state index contributed by atoms with van der Waals surface area (Å²) in [6.07, 6.45) is 4.85. The predicted octanol–water partition coefficient (Wildman–Crippen LogP) is 3.94. The number of hydrogen-bond acceptors (Lipinski definition) is 4. The second-order valence-corrected chi connectivity index (χ2v) is 6.64. The highest BCUT2D eigenvalue weighted by Gasteiger charge is 2.31. The molecule has 6 nitrogen and oxygen atoms in total. The quantitative estimate of drug-likeness (QED) is 0.527. The second-order valence-electron chi connectivity index (χ2n) is 5.72. The van der Waals surface area contributed by atoms with Crippen molar-refractivity contribution in [3.05, 3.63) is 51.6 Å². The molecule has 0 bridgehead atoms. The van der Waals surface area contributed by atoms with Gasteiger partial charge < -0.3 is 4.74 Å². The monoisotopic (exact) mass is 417 g/mol. The van der Waals surface area contributed by atoms with E-state index >= 15 is 0 Å². The number of rotatable bonds is 6. The summed E-state index contributed by atoms with van der Waals surface area (Å²) < 4.78 is 20.2. The van der Waals surface area contributed by atoms with E-state index in [1.165, 1.54) is 25.8 Å². The maximum absolute atomic E-state index is 14.0. The Bertz CT molecular complexity index is 880. The number of benzene rings is 1. The molecule has 0 saturated heterocycles. The number of amidine groups is 1. The third-order valence-electron chi connectivity index (χ3n) is 3.89. The molecule has 1 fully saturated rings. The average molecular weight is 418 g/mol. The zero-order chi connectivity index (χ0) is 18.5. The molecule has 0 unspecified atom stereocenters. The van der Waals surface area contributed by atoms with E-state index in [4.69, 9.17) is 4.74 Å². The van der Waals surface area contributed by atoms with Crippen LogP contribution in [-0.2, 0) is 6.54 Å². The molecule has 1 heterocycles. The van der Waals surface area contributed by atoms with Crippen molar-refractivity contribution in [3.63, 3.8) is 0 Å². The highest BCUT2D eigenvalue weighted by atomic mass is 79.9. The molecule has 1 aromatic heterocycles. The molecule has 0 radical (unpaired) electrons. The maximum Gasteiger partial charge on any atom is 0.227 e. The van der Waals surface area contributed by atoms with Gasteiger partial charge in [-0.1, -0.05) is 15.9 Å². The van der Waals surface area contributed by atoms with E-state index in [1.54, 1.807) is 12.1 Å². The zero-order valence-electron chi connectivity index (χ0n) is 14.2. The average Bonchev–Trinajstić information content (AvgIpc) is 3.49. The first-order valence-corrected chi connectivity index (χ1v) is 8.79. The van der Waals surface area contributed by atoms with E-state index in [0.717, 1.165) is 23.0 Å². The lowest BCUT2D eigenvalue weighted by Crippen LogP contribution is -2.10. The van der Waals surface area contributed by atoms with Crippen molar-refractivity contribution in [3.8, 4) is 5.88 Å². The Kier molecular flexibility index (Phi) is 5.82. The van der Waals surface area contributed by atoms with E-state index in [2.05, 4.69) is 47.6 Å². The SMILES string of the molecule is C=NC=NC(=NCc1cc(Br)ccc1F)c1c(OC)ncnc1C1CC1. The smallest absolute Gasteiger partial charge is 0.227 e. The molecule has 0 aliphatic heterocycles. The number of ether oxygens (including phenoxy) is 1. The largest absolute Gasteiger partial charge is 0.480 e. The van der Waals surface area contributed by atoms with E-state index in [1.807, 2.05) is 0 Å². The number of aliphatic imine (C=N–C) groups is 3. The van der Waals surface area contributed by atoms with Crippen LogP contribution in [0.3, 0.4) is 0 Å². The summed E-state index contributed by atoms with van der Waals surface area (Å²) in [6, 6.07) is 4.72. The molecule has 2 aromatic rings. The summed E-state index contributed by atoms with van der Waals surface area (Å²) in [5, 5.41) is 0. The molecule has 1 aliphatic carbocycles. The molecule has 0 N–H and O–H groups in total. The van der Waals surface area contributed by atoms with E-state index in [9.17, 15) is 4.39 Å². The summed E-state index contributed by atoms with van der Waals surface area (Å²) in [4.78, 5) is 21.0. The zero-order valence-corrected chi connectivity index (χ0v) is 15.8. The molecule has 3 rings (SSSR count). The fourth-order valence-electron chi connectivity index (χ4n) is 2.52. The first kappa shape index (κ1) is 18.3. The molecule has 0 spiro atoms. The van der Waals surface area contributed by atoms with Gasteiger partial charge in [0.05, 0.1) is 19.3 Å². The summed E-state index contributed by atoms with van der Waals surface area (Å²) in [7, 11) is 1.53. The Balaban J connectivity index is 2.05. The van der Waals surface area contributed by atoms with Crippen LogP contribution in [0.15, 0.2) is 44.0 Å². The van der Waals surface area contributed by atoms with Gasteiger partial charge in [0.1, 0.15) is 24.0 Å². The third kappa shape index (κ3) is 4.19. The van der Waals surface area contributed by atoms with Crippen LogP contribution in [0.25, 0.3) is 0 Å². The first-order valence-electron chi connectivity index (χ1n) is 8.00. The van der Waals surface area contributed by atoms with Gasteiger partial charge in [-0.05, 0) is 37.8 Å². The fraction of sp³-hybridized carbons (Fsp3) is 0.278. The van der Waals surface area contributed by atoms with Crippen molar-refractivity contribution in [2.75, 3.05) is 7.11 Å². The van der Waals surface area contributed by atoms with Crippen molar-refractivity contribution in [2.24, 2.45) is 15.0 Å². The van der Waals surface area contributed by atoms with Crippen LogP contribution in [-0.4, -0.2) is 36.0 Å². The summed E-state index contributed by atoms with van der Waals surface area (Å²) >= 11 is 3.34. The van der Waals surface area contributed by atoms with Gasteiger partial charge in [0.25, 0.3) is 0 Å². The van der Waals surface area contributed by atoms with Crippen LogP contribution in [0, 0.1) is 5.82 Å². The molecular weight excluding hydrogens is 401 g/mol. The van der Waals surface area contributed by atoms with E-state index < -0.39 is 0 Å². The van der Waals surface area contributed by atoms with Crippen LogP contribution >= 0.6 is 15.9 Å². The van der Waals surface area contributed by atoms with Crippen molar-refractivity contribution in [1.29, 1.82) is 0 Å². The Morgan fingerprint density at radius 2 is 2.23 bits per heavy atom. The molecule has 134 valence electrons. The van der Waals surface area contributed by atoms with Crippen molar-refractivity contribution in [1.82, 2.24) is 9.97 Å². The van der Waals surface area contributed by atoms with Crippen molar-refractivity contribution < 1.29 is 9.13 Å². The minimum absolute atomic E-state index is 0.108. The molecule has 0 amide bonds. The first-order chi connectivity index (χ1) is 12.6. The van der Waals surface area contributed by atoms with Crippen molar-refractivity contribution in [2.45, 2.75) is 25.3 Å². The van der Waals surface area contributed by atoms with Gasteiger partial charge >= 0.3 is 0 Å².